The third-order valence-corrected chi connectivity index (χ3v) is 2.80. The number of benzene rings is 1. The Morgan fingerprint density at radius 1 is 1.25 bits per heavy atom. The Morgan fingerprint density at radius 3 is 2.31 bits per heavy atom. The molecule has 1 N–H and O–H groups in total. The third-order valence-electron chi connectivity index (χ3n) is 2.80. The first-order valence-corrected chi connectivity index (χ1v) is 6.00. The quantitative estimate of drug-likeness (QED) is 0.450. The van der Waals surface area contributed by atoms with Gasteiger partial charge in [0, 0.05) is 0 Å². The minimum atomic E-state index is 0.541. The second kappa shape index (κ2) is 6.31. The maximum Gasteiger partial charge on any atom is 0.0867 e. The normalized spacial score (nSPS) is 12.1. The lowest BCUT2D eigenvalue weighted by molar-refractivity contribution is 0.318. The van der Waals surface area contributed by atoms with Crippen LogP contribution in [0.25, 0.3) is 0 Å². The molecule has 0 aliphatic rings. The molecule has 1 aromatic carbocycles. The van der Waals surface area contributed by atoms with Gasteiger partial charge in [-0.15, -0.1) is 0 Å². The van der Waals surface area contributed by atoms with Crippen molar-refractivity contribution in [2.24, 2.45) is 5.16 Å². The summed E-state index contributed by atoms with van der Waals surface area (Å²) >= 11 is 0. The Balaban J connectivity index is 2.79. The summed E-state index contributed by atoms with van der Waals surface area (Å²) in [6.07, 6.45) is 3.02. The van der Waals surface area contributed by atoms with Gasteiger partial charge in [-0.2, -0.15) is 0 Å². The minimum absolute atomic E-state index is 0.541. The molecule has 88 valence electrons. The Morgan fingerprint density at radius 2 is 1.88 bits per heavy atom. The molecule has 2 nitrogen and oxygen atoms in total. The maximum atomic E-state index is 8.97. The minimum Gasteiger partial charge on any atom is -0.411 e. The number of unbranched alkanes of at least 4 members (excludes halogenated alkanes) is 1. The van der Waals surface area contributed by atoms with Crippen molar-refractivity contribution in [3.05, 3.63) is 35.4 Å². The standard InChI is InChI=1S/C14H21NO/c1-4-5-6-14(15-16)13-9-7-12(8-10-13)11(2)3/h7-11,16H,4-6H2,1-3H3. The molecule has 0 heterocycles. The molecular weight excluding hydrogens is 198 g/mol. The molecule has 0 spiro atoms. The average molecular weight is 219 g/mol. The lowest BCUT2D eigenvalue weighted by Gasteiger charge is -2.07. The van der Waals surface area contributed by atoms with Crippen LogP contribution in [0.3, 0.4) is 0 Å². The van der Waals surface area contributed by atoms with Gasteiger partial charge in [-0.25, -0.2) is 0 Å². The highest BCUT2D eigenvalue weighted by molar-refractivity contribution is 6.00. The first-order chi connectivity index (χ1) is 7.69. The molecule has 0 aromatic heterocycles. The summed E-state index contributed by atoms with van der Waals surface area (Å²) in [6.45, 7) is 6.48. The van der Waals surface area contributed by atoms with Crippen LogP contribution in [0.2, 0.25) is 0 Å². The topological polar surface area (TPSA) is 32.6 Å². The summed E-state index contributed by atoms with van der Waals surface area (Å²) in [6, 6.07) is 8.30. The van der Waals surface area contributed by atoms with Crippen LogP contribution in [-0.2, 0) is 0 Å². The molecular formula is C14H21NO. The Bertz CT molecular complexity index is 338. The smallest absolute Gasteiger partial charge is 0.0867 e. The summed E-state index contributed by atoms with van der Waals surface area (Å²) in [5.41, 5.74) is 3.13. The molecule has 0 radical (unpaired) electrons. The van der Waals surface area contributed by atoms with Gasteiger partial charge in [0.25, 0.3) is 0 Å². The first-order valence-electron chi connectivity index (χ1n) is 6.00. The maximum absolute atomic E-state index is 8.97. The Labute approximate surface area is 98.0 Å². The van der Waals surface area contributed by atoms with E-state index in [1.807, 2.05) is 12.1 Å². The fourth-order valence-electron chi connectivity index (χ4n) is 1.66. The molecule has 0 atom stereocenters. The van der Waals surface area contributed by atoms with Crippen LogP contribution in [0.4, 0.5) is 0 Å². The van der Waals surface area contributed by atoms with E-state index in [-0.39, 0.29) is 0 Å². The highest BCUT2D eigenvalue weighted by atomic mass is 16.4. The van der Waals surface area contributed by atoms with Crippen molar-refractivity contribution in [3.63, 3.8) is 0 Å². The Kier molecular flexibility index (Phi) is 5.03. The molecule has 0 bridgehead atoms. The van der Waals surface area contributed by atoms with Crippen LogP contribution < -0.4 is 0 Å². The van der Waals surface area contributed by atoms with Crippen LogP contribution in [0.5, 0.6) is 0 Å². The van der Waals surface area contributed by atoms with Crippen molar-refractivity contribution in [2.75, 3.05) is 0 Å². The van der Waals surface area contributed by atoms with Crippen LogP contribution in [0.15, 0.2) is 29.4 Å². The predicted molar refractivity (Wildman–Crippen MR) is 68.4 cm³/mol. The highest BCUT2D eigenvalue weighted by Crippen LogP contribution is 2.16. The zero-order chi connectivity index (χ0) is 12.0. The summed E-state index contributed by atoms with van der Waals surface area (Å²) in [5.74, 6) is 0.541. The van der Waals surface area contributed by atoms with Crippen molar-refractivity contribution < 1.29 is 5.21 Å². The number of hydrogen-bond donors (Lipinski definition) is 1. The summed E-state index contributed by atoms with van der Waals surface area (Å²) < 4.78 is 0. The molecule has 1 rings (SSSR count). The van der Waals surface area contributed by atoms with E-state index in [0.717, 1.165) is 30.5 Å². The summed E-state index contributed by atoms with van der Waals surface area (Å²) in [4.78, 5) is 0. The second-order valence-electron chi connectivity index (χ2n) is 4.43. The second-order valence-corrected chi connectivity index (χ2v) is 4.43. The van der Waals surface area contributed by atoms with Crippen molar-refractivity contribution in [1.82, 2.24) is 0 Å². The van der Waals surface area contributed by atoms with Gasteiger partial charge in [-0.05, 0) is 29.9 Å². The van der Waals surface area contributed by atoms with Gasteiger partial charge in [0.2, 0.25) is 0 Å². The van der Waals surface area contributed by atoms with Crippen molar-refractivity contribution in [3.8, 4) is 0 Å². The van der Waals surface area contributed by atoms with Gasteiger partial charge in [0.1, 0.15) is 0 Å². The van der Waals surface area contributed by atoms with Gasteiger partial charge >= 0.3 is 0 Å². The lowest BCUT2D eigenvalue weighted by Crippen LogP contribution is -2.01. The largest absolute Gasteiger partial charge is 0.411 e. The Hall–Kier alpha value is -1.31. The lowest BCUT2D eigenvalue weighted by atomic mass is 9.99. The zero-order valence-corrected chi connectivity index (χ0v) is 10.4. The summed E-state index contributed by atoms with van der Waals surface area (Å²) in [7, 11) is 0. The van der Waals surface area contributed by atoms with Crippen molar-refractivity contribution in [1.29, 1.82) is 0 Å². The van der Waals surface area contributed by atoms with Crippen LogP contribution >= 0.6 is 0 Å². The highest BCUT2D eigenvalue weighted by Gasteiger charge is 2.05. The van der Waals surface area contributed by atoms with E-state index < -0.39 is 0 Å². The van der Waals surface area contributed by atoms with E-state index in [1.54, 1.807) is 0 Å². The van der Waals surface area contributed by atoms with Gasteiger partial charge in [0.05, 0.1) is 5.71 Å². The van der Waals surface area contributed by atoms with E-state index in [0.29, 0.717) is 5.92 Å². The van der Waals surface area contributed by atoms with Gasteiger partial charge in [0.15, 0.2) is 0 Å². The van der Waals surface area contributed by atoms with Crippen molar-refractivity contribution in [2.45, 2.75) is 46.0 Å². The van der Waals surface area contributed by atoms with E-state index in [9.17, 15) is 0 Å². The molecule has 0 amide bonds. The molecule has 0 saturated carbocycles. The predicted octanol–water partition coefficient (Wildman–Crippen LogP) is 4.18. The van der Waals surface area contributed by atoms with Crippen LogP contribution in [-0.4, -0.2) is 10.9 Å². The average Bonchev–Trinajstić information content (AvgIpc) is 2.30. The molecule has 16 heavy (non-hydrogen) atoms. The molecule has 0 aliphatic heterocycles. The number of hydrogen-bond acceptors (Lipinski definition) is 2. The number of rotatable bonds is 5. The van der Waals surface area contributed by atoms with E-state index in [1.165, 1.54) is 5.56 Å². The monoisotopic (exact) mass is 219 g/mol. The van der Waals surface area contributed by atoms with E-state index in [4.69, 9.17) is 5.21 Å². The number of nitrogens with zero attached hydrogens (tertiary/aromatic N) is 1. The SMILES string of the molecule is CCCCC(=NO)c1ccc(C(C)C)cc1. The van der Waals surface area contributed by atoms with Gasteiger partial charge in [-0.1, -0.05) is 56.6 Å². The molecule has 0 fully saturated rings. The fraction of sp³-hybridized carbons (Fsp3) is 0.500. The van der Waals surface area contributed by atoms with Gasteiger partial charge in [-0.3, -0.25) is 0 Å². The fourth-order valence-corrected chi connectivity index (χ4v) is 1.66. The van der Waals surface area contributed by atoms with Gasteiger partial charge < -0.3 is 5.21 Å². The first kappa shape index (κ1) is 12.8. The molecule has 0 unspecified atom stereocenters. The van der Waals surface area contributed by atoms with E-state index in [2.05, 4.69) is 38.1 Å². The molecule has 0 saturated heterocycles. The van der Waals surface area contributed by atoms with Crippen LogP contribution in [0.1, 0.15) is 57.1 Å². The van der Waals surface area contributed by atoms with Crippen LogP contribution in [0, 0.1) is 0 Å². The zero-order valence-electron chi connectivity index (χ0n) is 10.4. The molecule has 1 aromatic rings. The number of oxime groups is 1. The van der Waals surface area contributed by atoms with E-state index >= 15 is 0 Å². The third kappa shape index (κ3) is 3.37. The molecule has 0 aliphatic carbocycles. The summed E-state index contributed by atoms with van der Waals surface area (Å²) in [5, 5.41) is 12.4. The molecule has 2 heteroatoms. The van der Waals surface area contributed by atoms with Crippen molar-refractivity contribution >= 4 is 5.71 Å².